The summed E-state index contributed by atoms with van der Waals surface area (Å²) >= 11 is 0. The highest BCUT2D eigenvalue weighted by atomic mass is 19.3. The molecule has 20 heavy (non-hydrogen) atoms. The molecule has 0 aliphatic heterocycles. The van der Waals surface area contributed by atoms with Crippen molar-refractivity contribution in [2.24, 2.45) is 0 Å². The molecule has 1 unspecified atom stereocenters. The second-order valence-corrected chi connectivity index (χ2v) is 4.20. The molecule has 1 aromatic rings. The molecule has 0 aromatic heterocycles. The number of aliphatic hydroxyl groups is 1. The van der Waals surface area contributed by atoms with Gasteiger partial charge in [-0.25, -0.2) is 0 Å². The smallest absolute Gasteiger partial charge is 0.387 e. The summed E-state index contributed by atoms with van der Waals surface area (Å²) in [7, 11) is 0. The van der Waals surface area contributed by atoms with Crippen LogP contribution in [0.25, 0.3) is 6.08 Å². The fraction of sp³-hybridized carbons (Fsp3) is 0.357. The standard InChI is InChI=1S/C14H17F2NO3/c1-10(8-9-18)17-13(19)7-4-11-2-5-12(6-3-11)20-14(15)16/h2-7,10,14,18H,8-9H2,1H3,(H,17,19)/b7-4+. The number of alkyl halides is 2. The Labute approximate surface area is 116 Å². The van der Waals surface area contributed by atoms with Crippen LogP contribution in [0.2, 0.25) is 0 Å². The molecule has 4 nitrogen and oxygen atoms in total. The number of halogens is 2. The molecule has 0 saturated heterocycles. The minimum Gasteiger partial charge on any atom is -0.435 e. The molecule has 1 rings (SSSR count). The summed E-state index contributed by atoms with van der Waals surface area (Å²) in [6.07, 6.45) is 3.39. The third-order valence-corrected chi connectivity index (χ3v) is 2.48. The van der Waals surface area contributed by atoms with Crippen molar-refractivity contribution in [3.8, 4) is 5.75 Å². The van der Waals surface area contributed by atoms with Crippen LogP contribution in [0.1, 0.15) is 18.9 Å². The van der Waals surface area contributed by atoms with Gasteiger partial charge in [0.1, 0.15) is 5.75 Å². The summed E-state index contributed by atoms with van der Waals surface area (Å²) in [5.41, 5.74) is 0.691. The summed E-state index contributed by atoms with van der Waals surface area (Å²) in [5.74, 6) is -0.211. The number of benzene rings is 1. The van der Waals surface area contributed by atoms with Crippen molar-refractivity contribution in [3.05, 3.63) is 35.9 Å². The van der Waals surface area contributed by atoms with Crippen LogP contribution in [-0.4, -0.2) is 30.3 Å². The predicted octanol–water partition coefficient (Wildman–Crippen LogP) is 2.19. The van der Waals surface area contributed by atoms with Gasteiger partial charge in [0.25, 0.3) is 0 Å². The number of rotatable bonds is 7. The second kappa shape index (κ2) is 8.27. The van der Waals surface area contributed by atoms with E-state index in [-0.39, 0.29) is 24.3 Å². The molecule has 1 amide bonds. The molecule has 1 atom stereocenters. The van der Waals surface area contributed by atoms with E-state index in [1.807, 2.05) is 0 Å². The number of carbonyl (C=O) groups is 1. The number of ether oxygens (including phenoxy) is 1. The molecule has 2 N–H and O–H groups in total. The van der Waals surface area contributed by atoms with Gasteiger partial charge in [0.05, 0.1) is 0 Å². The van der Waals surface area contributed by atoms with Gasteiger partial charge < -0.3 is 15.2 Å². The van der Waals surface area contributed by atoms with Crippen LogP contribution in [-0.2, 0) is 4.79 Å². The lowest BCUT2D eigenvalue weighted by Gasteiger charge is -2.09. The van der Waals surface area contributed by atoms with Gasteiger partial charge >= 0.3 is 6.61 Å². The number of carbonyl (C=O) groups excluding carboxylic acids is 1. The Bertz CT molecular complexity index is 446. The van der Waals surface area contributed by atoms with Gasteiger partial charge in [-0.2, -0.15) is 8.78 Å². The Hall–Kier alpha value is -1.95. The zero-order valence-electron chi connectivity index (χ0n) is 11.1. The zero-order valence-corrected chi connectivity index (χ0v) is 11.1. The fourth-order valence-electron chi connectivity index (χ4n) is 1.49. The Morgan fingerprint density at radius 1 is 1.40 bits per heavy atom. The van der Waals surface area contributed by atoms with Crippen LogP contribution < -0.4 is 10.1 Å². The van der Waals surface area contributed by atoms with Crippen molar-refractivity contribution in [2.75, 3.05) is 6.61 Å². The van der Waals surface area contributed by atoms with Gasteiger partial charge in [-0.15, -0.1) is 0 Å². The van der Waals surface area contributed by atoms with E-state index in [0.717, 1.165) is 0 Å². The molecular formula is C14H17F2NO3. The Morgan fingerprint density at radius 2 is 2.05 bits per heavy atom. The van der Waals surface area contributed by atoms with E-state index >= 15 is 0 Å². The van der Waals surface area contributed by atoms with Gasteiger partial charge in [-0.05, 0) is 37.1 Å². The SMILES string of the molecule is CC(CCO)NC(=O)/C=C/c1ccc(OC(F)F)cc1. The largest absolute Gasteiger partial charge is 0.435 e. The average molecular weight is 285 g/mol. The minimum atomic E-state index is -2.85. The van der Waals surface area contributed by atoms with Crippen LogP contribution in [0.15, 0.2) is 30.3 Å². The maximum absolute atomic E-state index is 12.0. The molecule has 0 spiro atoms. The molecule has 0 aliphatic carbocycles. The first-order chi connectivity index (χ1) is 9.51. The number of aliphatic hydroxyl groups excluding tert-OH is 1. The number of hydrogen-bond acceptors (Lipinski definition) is 3. The maximum atomic E-state index is 12.0. The molecule has 6 heteroatoms. The highest BCUT2D eigenvalue weighted by Crippen LogP contribution is 2.15. The first-order valence-electron chi connectivity index (χ1n) is 6.15. The average Bonchev–Trinajstić information content (AvgIpc) is 2.37. The predicted molar refractivity (Wildman–Crippen MR) is 71.4 cm³/mol. The molecule has 0 radical (unpaired) electrons. The van der Waals surface area contributed by atoms with E-state index in [4.69, 9.17) is 5.11 Å². The second-order valence-electron chi connectivity index (χ2n) is 4.20. The quantitative estimate of drug-likeness (QED) is 0.755. The first kappa shape index (κ1) is 16.1. The molecule has 1 aromatic carbocycles. The number of amides is 1. The Balaban J connectivity index is 2.51. The lowest BCUT2D eigenvalue weighted by Crippen LogP contribution is -2.31. The summed E-state index contributed by atoms with van der Waals surface area (Å²) in [5, 5.41) is 11.4. The number of nitrogens with one attached hydrogen (secondary N) is 1. The van der Waals surface area contributed by atoms with Crippen LogP contribution in [0.3, 0.4) is 0 Å². The van der Waals surface area contributed by atoms with Gasteiger partial charge in [-0.1, -0.05) is 12.1 Å². The van der Waals surface area contributed by atoms with E-state index in [1.54, 1.807) is 25.1 Å². The van der Waals surface area contributed by atoms with Crippen LogP contribution in [0.4, 0.5) is 8.78 Å². The third kappa shape index (κ3) is 6.29. The number of hydrogen-bond donors (Lipinski definition) is 2. The topological polar surface area (TPSA) is 58.6 Å². The van der Waals surface area contributed by atoms with Crippen molar-refractivity contribution in [3.63, 3.8) is 0 Å². The van der Waals surface area contributed by atoms with Gasteiger partial charge in [0.15, 0.2) is 0 Å². The van der Waals surface area contributed by atoms with Crippen LogP contribution in [0.5, 0.6) is 5.75 Å². The van der Waals surface area contributed by atoms with Crippen molar-refractivity contribution < 1.29 is 23.4 Å². The molecule has 0 fully saturated rings. The Morgan fingerprint density at radius 3 is 2.60 bits per heavy atom. The summed E-state index contributed by atoms with van der Waals surface area (Å²) in [4.78, 5) is 11.5. The maximum Gasteiger partial charge on any atom is 0.387 e. The highest BCUT2D eigenvalue weighted by Gasteiger charge is 2.04. The third-order valence-electron chi connectivity index (χ3n) is 2.48. The zero-order chi connectivity index (χ0) is 15.0. The lowest BCUT2D eigenvalue weighted by atomic mass is 10.2. The van der Waals surface area contributed by atoms with Crippen molar-refractivity contribution in [1.82, 2.24) is 5.32 Å². The summed E-state index contributed by atoms with van der Waals surface area (Å²) in [6.45, 7) is -1.05. The van der Waals surface area contributed by atoms with E-state index in [2.05, 4.69) is 10.1 Å². The van der Waals surface area contributed by atoms with E-state index < -0.39 is 6.61 Å². The highest BCUT2D eigenvalue weighted by molar-refractivity contribution is 5.91. The molecule has 0 aliphatic rings. The van der Waals surface area contributed by atoms with E-state index in [0.29, 0.717) is 12.0 Å². The Kier molecular flexibility index (Phi) is 6.66. The lowest BCUT2D eigenvalue weighted by molar-refractivity contribution is -0.117. The monoisotopic (exact) mass is 285 g/mol. The van der Waals surface area contributed by atoms with E-state index in [9.17, 15) is 13.6 Å². The van der Waals surface area contributed by atoms with Crippen molar-refractivity contribution >= 4 is 12.0 Å². The van der Waals surface area contributed by atoms with Crippen molar-refractivity contribution in [2.45, 2.75) is 26.0 Å². The van der Waals surface area contributed by atoms with Crippen LogP contribution in [0, 0.1) is 0 Å². The summed E-state index contributed by atoms with van der Waals surface area (Å²) in [6, 6.07) is 5.83. The van der Waals surface area contributed by atoms with Gasteiger partial charge in [0.2, 0.25) is 5.91 Å². The normalized spacial score (nSPS) is 12.7. The van der Waals surface area contributed by atoms with Crippen LogP contribution >= 0.6 is 0 Å². The van der Waals surface area contributed by atoms with Crippen molar-refractivity contribution in [1.29, 1.82) is 0 Å². The molecule has 0 saturated carbocycles. The molecular weight excluding hydrogens is 268 g/mol. The molecule has 0 bridgehead atoms. The molecule has 110 valence electrons. The van der Waals surface area contributed by atoms with Gasteiger partial charge in [-0.3, -0.25) is 4.79 Å². The van der Waals surface area contributed by atoms with Gasteiger partial charge in [0, 0.05) is 18.7 Å². The molecule has 0 heterocycles. The fourth-order valence-corrected chi connectivity index (χ4v) is 1.49. The first-order valence-corrected chi connectivity index (χ1v) is 6.15. The summed E-state index contributed by atoms with van der Waals surface area (Å²) < 4.78 is 28.1. The van der Waals surface area contributed by atoms with E-state index in [1.165, 1.54) is 18.2 Å². The minimum absolute atomic E-state index is 0.0107.